The molecule has 7 nitrogen and oxygen atoms in total. The van der Waals surface area contributed by atoms with E-state index in [1.54, 1.807) is 23.9 Å². The second kappa shape index (κ2) is 5.67. The van der Waals surface area contributed by atoms with Crippen LogP contribution in [-0.4, -0.2) is 37.3 Å². The van der Waals surface area contributed by atoms with Crippen LogP contribution < -0.4 is 0 Å². The molecule has 1 saturated heterocycles. The second-order valence-corrected chi connectivity index (χ2v) is 5.22. The van der Waals surface area contributed by atoms with Crippen LogP contribution in [0.25, 0.3) is 0 Å². The summed E-state index contributed by atoms with van der Waals surface area (Å²) in [5.74, 6) is 1.11. The Morgan fingerprint density at radius 3 is 3.05 bits per heavy atom. The first-order valence-electron chi connectivity index (χ1n) is 7.33. The second-order valence-electron chi connectivity index (χ2n) is 5.22. The van der Waals surface area contributed by atoms with Gasteiger partial charge in [0.2, 0.25) is 5.89 Å². The number of nitrogens with zero attached hydrogens (tertiary/aromatic N) is 5. The third-order valence-corrected chi connectivity index (χ3v) is 3.83. The van der Waals surface area contributed by atoms with Crippen molar-refractivity contribution in [1.82, 2.24) is 24.8 Å². The van der Waals surface area contributed by atoms with Crippen molar-refractivity contribution < 1.29 is 9.32 Å². The highest BCUT2D eigenvalue weighted by molar-refractivity contribution is 5.92. The Kier molecular flexibility index (Phi) is 3.72. The maximum atomic E-state index is 12.8. The first-order valence-corrected chi connectivity index (χ1v) is 7.33. The van der Waals surface area contributed by atoms with Gasteiger partial charge in [-0.15, -0.1) is 0 Å². The minimum absolute atomic E-state index is 0.0186. The lowest BCUT2D eigenvalue weighted by Crippen LogP contribution is -2.39. The highest BCUT2D eigenvalue weighted by Gasteiger charge is 2.33. The van der Waals surface area contributed by atoms with Crippen molar-refractivity contribution in [2.24, 2.45) is 0 Å². The zero-order valence-electron chi connectivity index (χ0n) is 12.3. The zero-order chi connectivity index (χ0) is 14.8. The number of aryl methyl sites for hydroxylation is 2. The topological polar surface area (TPSA) is 77.1 Å². The molecule has 21 heavy (non-hydrogen) atoms. The summed E-state index contributed by atoms with van der Waals surface area (Å²) >= 11 is 0. The molecule has 0 bridgehead atoms. The maximum absolute atomic E-state index is 12.8. The van der Waals surface area contributed by atoms with Gasteiger partial charge in [0.15, 0.2) is 5.82 Å². The van der Waals surface area contributed by atoms with Crippen molar-refractivity contribution in [3.63, 3.8) is 0 Å². The van der Waals surface area contributed by atoms with Gasteiger partial charge in [-0.05, 0) is 39.2 Å². The van der Waals surface area contributed by atoms with Crippen molar-refractivity contribution in [3.05, 3.63) is 29.7 Å². The van der Waals surface area contributed by atoms with Crippen LogP contribution in [-0.2, 0) is 6.54 Å². The molecule has 3 heterocycles. The predicted octanol–water partition coefficient (Wildman–Crippen LogP) is 1.96. The lowest BCUT2D eigenvalue weighted by Gasteiger charge is -2.33. The fourth-order valence-electron chi connectivity index (χ4n) is 2.79. The number of hydrogen-bond acceptors (Lipinski definition) is 5. The van der Waals surface area contributed by atoms with E-state index >= 15 is 0 Å². The molecule has 0 saturated carbocycles. The van der Waals surface area contributed by atoms with E-state index in [0.29, 0.717) is 30.5 Å². The fourth-order valence-corrected chi connectivity index (χ4v) is 2.79. The Morgan fingerprint density at radius 2 is 2.33 bits per heavy atom. The third kappa shape index (κ3) is 2.55. The molecule has 2 aromatic rings. The lowest BCUT2D eigenvalue weighted by atomic mass is 10.0. The maximum Gasteiger partial charge on any atom is 0.272 e. The summed E-state index contributed by atoms with van der Waals surface area (Å²) in [6, 6.07) is 1.63. The highest BCUT2D eigenvalue weighted by Crippen LogP contribution is 2.31. The predicted molar refractivity (Wildman–Crippen MR) is 74.6 cm³/mol. The minimum Gasteiger partial charge on any atom is -0.337 e. The number of carbonyl (C=O) groups is 1. The van der Waals surface area contributed by atoms with Crippen LogP contribution in [0, 0.1) is 6.92 Å². The summed E-state index contributed by atoms with van der Waals surface area (Å²) in [5.41, 5.74) is 0.612. The average Bonchev–Trinajstić information content (AvgIpc) is 3.15. The van der Waals surface area contributed by atoms with E-state index in [1.165, 1.54) is 0 Å². The molecule has 3 rings (SSSR count). The van der Waals surface area contributed by atoms with E-state index in [1.807, 2.05) is 11.8 Å². The molecular formula is C14H19N5O2. The van der Waals surface area contributed by atoms with Crippen LogP contribution in [0.1, 0.15) is 54.4 Å². The molecule has 0 radical (unpaired) electrons. The summed E-state index contributed by atoms with van der Waals surface area (Å²) in [4.78, 5) is 18.9. The molecular weight excluding hydrogens is 270 g/mol. The van der Waals surface area contributed by atoms with Gasteiger partial charge in [-0.2, -0.15) is 10.1 Å². The summed E-state index contributed by atoms with van der Waals surface area (Å²) in [7, 11) is 0. The van der Waals surface area contributed by atoms with Gasteiger partial charge in [0.1, 0.15) is 11.7 Å². The van der Waals surface area contributed by atoms with E-state index in [2.05, 4.69) is 15.2 Å². The molecule has 0 N–H and O–H groups in total. The fraction of sp³-hybridized carbons (Fsp3) is 0.571. The SMILES string of the molecule is CCn1nccc1C(=O)N1CCCC[C@H]1c1nc(C)no1. The van der Waals surface area contributed by atoms with Gasteiger partial charge in [0.25, 0.3) is 5.91 Å². The Hall–Kier alpha value is -2.18. The summed E-state index contributed by atoms with van der Waals surface area (Å²) < 4.78 is 7.00. The molecule has 0 aromatic carbocycles. The van der Waals surface area contributed by atoms with Gasteiger partial charge in [-0.3, -0.25) is 9.48 Å². The van der Waals surface area contributed by atoms with Gasteiger partial charge in [0, 0.05) is 19.3 Å². The van der Waals surface area contributed by atoms with Crippen LogP contribution in [0.2, 0.25) is 0 Å². The Labute approximate surface area is 122 Å². The average molecular weight is 289 g/mol. The standard InChI is InChI=1S/C14H19N5O2/c1-3-19-12(7-8-15-19)14(20)18-9-5-4-6-11(18)13-16-10(2)17-21-13/h7-8,11H,3-6,9H2,1-2H3/t11-/m0/s1. The number of aromatic nitrogens is 4. The first kappa shape index (κ1) is 13.8. The lowest BCUT2D eigenvalue weighted by molar-refractivity contribution is 0.0549. The van der Waals surface area contributed by atoms with Gasteiger partial charge in [-0.25, -0.2) is 0 Å². The van der Waals surface area contributed by atoms with Crippen molar-refractivity contribution in [3.8, 4) is 0 Å². The molecule has 1 aliphatic heterocycles. The Balaban J connectivity index is 1.89. The molecule has 1 aliphatic rings. The van der Waals surface area contributed by atoms with Crippen LogP contribution >= 0.6 is 0 Å². The smallest absolute Gasteiger partial charge is 0.272 e. The van der Waals surface area contributed by atoms with E-state index in [4.69, 9.17) is 4.52 Å². The number of carbonyl (C=O) groups excluding carboxylic acids is 1. The normalized spacial score (nSPS) is 19.0. The van der Waals surface area contributed by atoms with Gasteiger partial charge in [-0.1, -0.05) is 5.16 Å². The molecule has 0 aliphatic carbocycles. The molecule has 2 aromatic heterocycles. The molecule has 112 valence electrons. The van der Waals surface area contributed by atoms with E-state index in [-0.39, 0.29) is 11.9 Å². The molecule has 1 fully saturated rings. The molecule has 0 spiro atoms. The molecule has 7 heteroatoms. The zero-order valence-corrected chi connectivity index (χ0v) is 12.3. The highest BCUT2D eigenvalue weighted by atomic mass is 16.5. The number of hydrogen-bond donors (Lipinski definition) is 0. The quantitative estimate of drug-likeness (QED) is 0.863. The van der Waals surface area contributed by atoms with Crippen LogP contribution in [0.3, 0.4) is 0 Å². The Bertz CT molecular complexity index is 633. The van der Waals surface area contributed by atoms with Crippen LogP contribution in [0.15, 0.2) is 16.8 Å². The first-order chi connectivity index (χ1) is 10.2. The third-order valence-electron chi connectivity index (χ3n) is 3.83. The van der Waals surface area contributed by atoms with E-state index in [9.17, 15) is 4.79 Å². The summed E-state index contributed by atoms with van der Waals surface area (Å²) in [6.45, 7) is 5.14. The Morgan fingerprint density at radius 1 is 1.48 bits per heavy atom. The number of piperidine rings is 1. The summed E-state index contributed by atoms with van der Waals surface area (Å²) in [5, 5.41) is 8.01. The van der Waals surface area contributed by atoms with Crippen LogP contribution in [0.4, 0.5) is 0 Å². The molecule has 1 atom stereocenters. The molecule has 1 amide bonds. The monoisotopic (exact) mass is 289 g/mol. The van der Waals surface area contributed by atoms with Gasteiger partial charge < -0.3 is 9.42 Å². The van der Waals surface area contributed by atoms with Crippen molar-refractivity contribution >= 4 is 5.91 Å². The summed E-state index contributed by atoms with van der Waals surface area (Å²) in [6.07, 6.45) is 4.57. The van der Waals surface area contributed by atoms with E-state index in [0.717, 1.165) is 19.3 Å². The minimum atomic E-state index is -0.132. The van der Waals surface area contributed by atoms with E-state index < -0.39 is 0 Å². The van der Waals surface area contributed by atoms with Crippen LogP contribution in [0.5, 0.6) is 0 Å². The van der Waals surface area contributed by atoms with Crippen molar-refractivity contribution in [1.29, 1.82) is 0 Å². The van der Waals surface area contributed by atoms with Gasteiger partial charge >= 0.3 is 0 Å². The molecule has 0 unspecified atom stereocenters. The number of likely N-dealkylation sites (tertiary alicyclic amines) is 1. The largest absolute Gasteiger partial charge is 0.337 e. The number of amides is 1. The van der Waals surface area contributed by atoms with Crippen molar-refractivity contribution in [2.45, 2.75) is 45.7 Å². The number of rotatable bonds is 3. The van der Waals surface area contributed by atoms with Crippen molar-refractivity contribution in [2.75, 3.05) is 6.54 Å². The van der Waals surface area contributed by atoms with Gasteiger partial charge in [0.05, 0.1) is 0 Å².